The van der Waals surface area contributed by atoms with Crippen molar-refractivity contribution in [3.05, 3.63) is 11.6 Å². The monoisotopic (exact) mass is 268 g/mol. The van der Waals surface area contributed by atoms with Crippen molar-refractivity contribution in [1.29, 1.82) is 0 Å². The molecule has 1 rings (SSSR count). The van der Waals surface area contributed by atoms with Crippen LogP contribution >= 0.6 is 0 Å². The van der Waals surface area contributed by atoms with Gasteiger partial charge in [0.05, 0.1) is 5.92 Å². The summed E-state index contributed by atoms with van der Waals surface area (Å²) in [7, 11) is 0. The number of allylic oxidation sites excluding steroid dienone is 1. The predicted octanol–water partition coefficient (Wildman–Crippen LogP) is 2.29. The molecular weight excluding hydrogens is 244 g/mol. The number of amides is 2. The summed E-state index contributed by atoms with van der Waals surface area (Å²) in [5.41, 5.74) is 1.44. The third kappa shape index (κ3) is 6.84. The number of hydrogen-bond donors (Lipinski definition) is 3. The molecule has 3 N–H and O–H groups in total. The van der Waals surface area contributed by atoms with Gasteiger partial charge < -0.3 is 15.7 Å². The molecule has 0 aromatic heterocycles. The molecule has 0 aromatic rings. The van der Waals surface area contributed by atoms with Crippen molar-refractivity contribution in [3.8, 4) is 0 Å². The van der Waals surface area contributed by atoms with Crippen LogP contribution in [0, 0.1) is 5.92 Å². The SMILES string of the molecule is CC(CCCNC(=O)NCCC1=CCCC1)C(=O)O. The Morgan fingerprint density at radius 2 is 2.11 bits per heavy atom. The van der Waals surface area contributed by atoms with Gasteiger partial charge in [0.15, 0.2) is 0 Å². The molecule has 0 saturated carbocycles. The van der Waals surface area contributed by atoms with Crippen LogP contribution in [0.1, 0.15) is 45.4 Å². The summed E-state index contributed by atoms with van der Waals surface area (Å²) in [5.74, 6) is -1.13. The number of urea groups is 1. The second-order valence-corrected chi connectivity index (χ2v) is 5.07. The number of carboxylic acids is 1. The van der Waals surface area contributed by atoms with E-state index in [-0.39, 0.29) is 11.9 Å². The minimum atomic E-state index is -0.783. The van der Waals surface area contributed by atoms with Gasteiger partial charge in [0, 0.05) is 13.1 Å². The maximum atomic E-state index is 11.4. The van der Waals surface area contributed by atoms with Gasteiger partial charge in [-0.2, -0.15) is 0 Å². The highest BCUT2D eigenvalue weighted by Gasteiger charge is 2.10. The lowest BCUT2D eigenvalue weighted by Crippen LogP contribution is -2.36. The van der Waals surface area contributed by atoms with Gasteiger partial charge in [-0.3, -0.25) is 4.79 Å². The first-order valence-electron chi connectivity index (χ1n) is 7.02. The molecule has 0 fully saturated rings. The van der Waals surface area contributed by atoms with Crippen LogP contribution in [0.3, 0.4) is 0 Å². The van der Waals surface area contributed by atoms with Crippen LogP contribution in [0.2, 0.25) is 0 Å². The molecule has 2 amide bonds. The van der Waals surface area contributed by atoms with E-state index in [1.807, 2.05) is 0 Å². The van der Waals surface area contributed by atoms with E-state index in [1.165, 1.54) is 18.4 Å². The molecule has 0 aromatic carbocycles. The van der Waals surface area contributed by atoms with Gasteiger partial charge in [0.25, 0.3) is 0 Å². The first-order chi connectivity index (χ1) is 9.09. The van der Waals surface area contributed by atoms with Gasteiger partial charge in [-0.25, -0.2) is 4.79 Å². The lowest BCUT2D eigenvalue weighted by Gasteiger charge is -2.09. The average Bonchev–Trinajstić information content (AvgIpc) is 2.87. The highest BCUT2D eigenvalue weighted by atomic mass is 16.4. The zero-order chi connectivity index (χ0) is 14.1. The summed E-state index contributed by atoms with van der Waals surface area (Å²) in [6.07, 6.45) is 8.04. The average molecular weight is 268 g/mol. The van der Waals surface area contributed by atoms with E-state index in [9.17, 15) is 9.59 Å². The lowest BCUT2D eigenvalue weighted by atomic mass is 10.1. The summed E-state index contributed by atoms with van der Waals surface area (Å²) in [4.78, 5) is 22.0. The maximum Gasteiger partial charge on any atom is 0.314 e. The number of carbonyl (C=O) groups excluding carboxylic acids is 1. The van der Waals surface area contributed by atoms with E-state index in [4.69, 9.17) is 5.11 Å². The zero-order valence-electron chi connectivity index (χ0n) is 11.6. The smallest absolute Gasteiger partial charge is 0.314 e. The number of carboxylic acid groups (broad SMARTS) is 1. The quantitative estimate of drug-likeness (QED) is 0.467. The van der Waals surface area contributed by atoms with Gasteiger partial charge in [0.2, 0.25) is 0 Å². The van der Waals surface area contributed by atoms with Crippen molar-refractivity contribution in [3.63, 3.8) is 0 Å². The fourth-order valence-corrected chi connectivity index (χ4v) is 2.10. The lowest BCUT2D eigenvalue weighted by molar-refractivity contribution is -0.141. The van der Waals surface area contributed by atoms with E-state index >= 15 is 0 Å². The third-order valence-electron chi connectivity index (χ3n) is 3.39. The highest BCUT2D eigenvalue weighted by Crippen LogP contribution is 2.19. The Labute approximate surface area is 114 Å². The highest BCUT2D eigenvalue weighted by molar-refractivity contribution is 5.73. The molecule has 1 atom stereocenters. The van der Waals surface area contributed by atoms with Crippen LogP contribution in [0.15, 0.2) is 11.6 Å². The van der Waals surface area contributed by atoms with Crippen molar-refractivity contribution >= 4 is 12.0 Å². The number of carbonyl (C=O) groups is 2. The Hall–Kier alpha value is -1.52. The van der Waals surface area contributed by atoms with Crippen LogP contribution in [-0.4, -0.2) is 30.2 Å². The molecule has 5 nitrogen and oxygen atoms in total. The maximum absolute atomic E-state index is 11.4. The van der Waals surface area contributed by atoms with Crippen LogP contribution in [0.5, 0.6) is 0 Å². The summed E-state index contributed by atoms with van der Waals surface area (Å²) < 4.78 is 0. The van der Waals surface area contributed by atoms with E-state index in [2.05, 4.69) is 16.7 Å². The third-order valence-corrected chi connectivity index (χ3v) is 3.39. The predicted molar refractivity (Wildman–Crippen MR) is 74.0 cm³/mol. The molecule has 5 heteroatoms. The van der Waals surface area contributed by atoms with Crippen molar-refractivity contribution in [2.24, 2.45) is 5.92 Å². The number of rotatable bonds is 8. The fourth-order valence-electron chi connectivity index (χ4n) is 2.10. The molecule has 0 radical (unpaired) electrons. The van der Waals surface area contributed by atoms with Crippen molar-refractivity contribution < 1.29 is 14.7 Å². The topological polar surface area (TPSA) is 78.4 Å². The largest absolute Gasteiger partial charge is 0.481 e. The second kappa shape index (κ2) is 8.56. The van der Waals surface area contributed by atoms with Crippen LogP contribution in [-0.2, 0) is 4.79 Å². The fraction of sp³-hybridized carbons (Fsp3) is 0.714. The molecule has 0 saturated heterocycles. The Morgan fingerprint density at radius 1 is 1.37 bits per heavy atom. The Balaban J connectivity index is 1.97. The second-order valence-electron chi connectivity index (χ2n) is 5.07. The molecule has 108 valence electrons. The minimum absolute atomic E-state index is 0.165. The van der Waals surface area contributed by atoms with Crippen molar-refractivity contribution in [2.45, 2.75) is 45.4 Å². The Morgan fingerprint density at radius 3 is 2.74 bits per heavy atom. The van der Waals surface area contributed by atoms with E-state index < -0.39 is 5.97 Å². The van der Waals surface area contributed by atoms with Crippen molar-refractivity contribution in [2.75, 3.05) is 13.1 Å². The van der Waals surface area contributed by atoms with Crippen molar-refractivity contribution in [1.82, 2.24) is 10.6 Å². The molecule has 0 bridgehead atoms. The number of hydrogen-bond acceptors (Lipinski definition) is 2. The van der Waals surface area contributed by atoms with Crippen LogP contribution in [0.4, 0.5) is 4.79 Å². The first-order valence-corrected chi connectivity index (χ1v) is 7.02. The molecule has 0 aliphatic heterocycles. The summed E-state index contributed by atoms with van der Waals surface area (Å²) in [5, 5.41) is 14.3. The summed E-state index contributed by atoms with van der Waals surface area (Å²) in [6, 6.07) is -0.165. The van der Waals surface area contributed by atoms with Gasteiger partial charge >= 0.3 is 12.0 Å². The van der Waals surface area contributed by atoms with Gasteiger partial charge in [-0.15, -0.1) is 0 Å². The van der Waals surface area contributed by atoms with E-state index in [1.54, 1.807) is 6.92 Å². The zero-order valence-corrected chi connectivity index (χ0v) is 11.6. The molecular formula is C14H24N2O3. The van der Waals surface area contributed by atoms with Gasteiger partial charge in [-0.1, -0.05) is 18.6 Å². The van der Waals surface area contributed by atoms with Crippen LogP contribution in [0.25, 0.3) is 0 Å². The molecule has 0 heterocycles. The van der Waals surface area contributed by atoms with Gasteiger partial charge in [0.1, 0.15) is 0 Å². The first kappa shape index (κ1) is 15.5. The molecule has 19 heavy (non-hydrogen) atoms. The standard InChI is InChI=1S/C14H24N2O3/c1-11(13(17)18)5-4-9-15-14(19)16-10-8-12-6-2-3-7-12/h6,11H,2-5,7-10H2,1H3,(H,17,18)(H2,15,16,19). The van der Waals surface area contributed by atoms with E-state index in [0.717, 1.165) is 12.8 Å². The minimum Gasteiger partial charge on any atom is -0.481 e. The van der Waals surface area contributed by atoms with Gasteiger partial charge in [-0.05, 0) is 38.5 Å². The molecule has 0 spiro atoms. The summed E-state index contributed by atoms with van der Waals surface area (Å²) >= 11 is 0. The number of nitrogens with one attached hydrogen (secondary N) is 2. The van der Waals surface area contributed by atoms with Crippen LogP contribution < -0.4 is 10.6 Å². The normalized spacial score (nSPS) is 15.7. The molecule has 1 aliphatic carbocycles. The molecule has 1 unspecified atom stereocenters. The number of aliphatic carboxylic acids is 1. The Bertz CT molecular complexity index is 340. The Kier molecular flexibility index (Phi) is 7.00. The summed E-state index contributed by atoms with van der Waals surface area (Å²) in [6.45, 7) is 2.87. The van der Waals surface area contributed by atoms with E-state index in [0.29, 0.717) is 25.9 Å². The molecule has 1 aliphatic rings.